The summed E-state index contributed by atoms with van der Waals surface area (Å²) in [6.07, 6.45) is 1.51. The van der Waals surface area contributed by atoms with E-state index >= 15 is 0 Å². The molecule has 1 atom stereocenters. The van der Waals surface area contributed by atoms with Crippen LogP contribution in [0.15, 0.2) is 36.6 Å². The molecule has 0 saturated carbocycles. The first-order valence-corrected chi connectivity index (χ1v) is 15.8. The number of aromatic nitrogens is 2. The van der Waals surface area contributed by atoms with Gasteiger partial charge in [-0.2, -0.15) is 5.26 Å². The van der Waals surface area contributed by atoms with Gasteiger partial charge in [-0.1, -0.05) is 78.4 Å². The van der Waals surface area contributed by atoms with Crippen molar-refractivity contribution in [2.45, 2.75) is 32.9 Å². The molecule has 0 bridgehead atoms. The minimum absolute atomic E-state index is 0.00209. The lowest BCUT2D eigenvalue weighted by Crippen LogP contribution is -2.49. The second-order valence-electron chi connectivity index (χ2n) is 10.9. The molecular formula is C31H28Cl5N7O2. The van der Waals surface area contributed by atoms with E-state index in [1.165, 1.54) is 6.08 Å². The van der Waals surface area contributed by atoms with Gasteiger partial charge in [0.25, 0.3) is 0 Å². The minimum Gasteiger partial charge on any atom is -0.397 e. The van der Waals surface area contributed by atoms with Crippen molar-refractivity contribution in [2.75, 3.05) is 36.8 Å². The van der Waals surface area contributed by atoms with Gasteiger partial charge >= 0.3 is 0 Å². The van der Waals surface area contributed by atoms with Gasteiger partial charge in [0.05, 0.1) is 53.6 Å². The number of benzene rings is 1. The van der Waals surface area contributed by atoms with Gasteiger partial charge in [-0.05, 0) is 36.6 Å². The Morgan fingerprint density at radius 2 is 1.78 bits per heavy atom. The number of amides is 1. The predicted octanol–water partition coefficient (Wildman–Crippen LogP) is 7.46. The number of anilines is 3. The van der Waals surface area contributed by atoms with E-state index in [-0.39, 0.29) is 65.3 Å². The fraction of sp³-hybridized carbons (Fsp3) is 0.290. The van der Waals surface area contributed by atoms with Crippen LogP contribution in [0.3, 0.4) is 0 Å². The molecule has 9 nitrogen and oxygen atoms in total. The van der Waals surface area contributed by atoms with Gasteiger partial charge in [0.2, 0.25) is 5.91 Å². The summed E-state index contributed by atoms with van der Waals surface area (Å²) >= 11 is 32.7. The number of halogens is 5. The van der Waals surface area contributed by atoms with Crippen LogP contribution in [0.5, 0.6) is 0 Å². The Morgan fingerprint density at radius 1 is 1.13 bits per heavy atom. The molecule has 0 radical (unpaired) electrons. The third-order valence-electron chi connectivity index (χ3n) is 7.88. The first-order chi connectivity index (χ1) is 21.3. The average Bonchev–Trinajstić information content (AvgIpc) is 3.02. The molecule has 1 amide bonds. The second kappa shape index (κ2) is 12.9. The molecule has 1 fully saturated rings. The fourth-order valence-corrected chi connectivity index (χ4v) is 6.87. The lowest BCUT2D eigenvalue weighted by atomic mass is 9.94. The van der Waals surface area contributed by atoms with E-state index in [4.69, 9.17) is 68.7 Å². The molecule has 3 aromatic rings. The number of rotatable bonds is 5. The number of aryl methyl sites for hydroxylation is 1. The highest BCUT2D eigenvalue weighted by Gasteiger charge is 2.40. The number of nitrogens with two attached hydrogens (primary N) is 1. The van der Waals surface area contributed by atoms with Crippen LogP contribution in [-0.4, -0.2) is 63.2 Å². The first-order valence-electron chi connectivity index (χ1n) is 13.9. The Labute approximate surface area is 286 Å². The van der Waals surface area contributed by atoms with Crippen molar-refractivity contribution in [3.8, 4) is 17.3 Å². The van der Waals surface area contributed by atoms with E-state index in [9.17, 15) is 15.2 Å². The predicted molar refractivity (Wildman–Crippen MR) is 181 cm³/mol. The van der Waals surface area contributed by atoms with Crippen LogP contribution >= 0.6 is 58.0 Å². The van der Waals surface area contributed by atoms with Gasteiger partial charge in [-0.15, -0.1) is 0 Å². The molecule has 0 spiro atoms. The molecule has 1 unspecified atom stereocenters. The van der Waals surface area contributed by atoms with Gasteiger partial charge in [0.15, 0.2) is 6.23 Å². The van der Waals surface area contributed by atoms with E-state index < -0.39 is 6.23 Å². The van der Waals surface area contributed by atoms with Crippen LogP contribution in [0.2, 0.25) is 25.1 Å². The smallest absolute Gasteiger partial charge is 0.246 e. The highest BCUT2D eigenvalue weighted by atomic mass is 35.5. The normalized spacial score (nSPS) is 16.6. The number of hydrogen-bond donors (Lipinski definition) is 2. The summed E-state index contributed by atoms with van der Waals surface area (Å²) in [6.45, 7) is 11.0. The number of carbonyl (C=O) groups excluding carboxylic acids is 1. The van der Waals surface area contributed by atoms with Crippen molar-refractivity contribution in [1.29, 1.82) is 5.26 Å². The van der Waals surface area contributed by atoms with Crippen LogP contribution in [0.4, 0.5) is 17.2 Å². The molecular weight excluding hydrogens is 680 g/mol. The van der Waals surface area contributed by atoms with Crippen molar-refractivity contribution in [3.05, 3.63) is 78.5 Å². The van der Waals surface area contributed by atoms with Gasteiger partial charge < -0.3 is 20.6 Å². The molecule has 4 heterocycles. The van der Waals surface area contributed by atoms with Gasteiger partial charge in [-0.25, -0.2) is 4.98 Å². The maximum atomic E-state index is 12.3. The third-order valence-corrected chi connectivity index (χ3v) is 9.99. The number of aliphatic hydroxyl groups is 1. The molecule has 14 heteroatoms. The highest BCUT2D eigenvalue weighted by molar-refractivity contribution is 6.54. The highest BCUT2D eigenvalue weighted by Crippen LogP contribution is 2.51. The summed E-state index contributed by atoms with van der Waals surface area (Å²) in [4.78, 5) is 27.1. The zero-order valence-electron chi connectivity index (χ0n) is 24.5. The summed E-state index contributed by atoms with van der Waals surface area (Å²) in [6, 6.07) is 5.70. The van der Waals surface area contributed by atoms with Crippen LogP contribution in [0, 0.1) is 18.3 Å². The molecule has 5 rings (SSSR count). The van der Waals surface area contributed by atoms with Crippen molar-refractivity contribution in [3.63, 3.8) is 0 Å². The lowest BCUT2D eigenvalue weighted by molar-refractivity contribution is -0.127. The number of nitrogens with zero attached hydrogens (tertiary/aromatic N) is 6. The van der Waals surface area contributed by atoms with Gasteiger partial charge in [-0.3, -0.25) is 14.7 Å². The molecule has 2 aromatic heterocycles. The second-order valence-corrected chi connectivity index (χ2v) is 12.8. The van der Waals surface area contributed by atoms with Crippen LogP contribution < -0.4 is 10.6 Å². The number of carbonyl (C=O) groups is 1. The summed E-state index contributed by atoms with van der Waals surface area (Å²) in [7, 11) is 0. The maximum Gasteiger partial charge on any atom is 0.246 e. The number of nitriles is 1. The number of fused-ring (bicyclic) bond motifs is 1. The Morgan fingerprint density at radius 3 is 2.38 bits per heavy atom. The van der Waals surface area contributed by atoms with Crippen LogP contribution in [0.25, 0.3) is 17.0 Å². The van der Waals surface area contributed by atoms with E-state index in [2.05, 4.69) is 17.6 Å². The molecule has 2 aliphatic heterocycles. The summed E-state index contributed by atoms with van der Waals surface area (Å²) in [5, 5.41) is 22.6. The van der Waals surface area contributed by atoms with E-state index in [0.717, 1.165) is 5.56 Å². The minimum atomic E-state index is -1.46. The summed E-state index contributed by atoms with van der Waals surface area (Å²) in [5.74, 6) is 0.0422. The quantitative estimate of drug-likeness (QED) is 0.121. The molecule has 1 saturated heterocycles. The average molecular weight is 708 g/mol. The molecule has 2 aliphatic rings. The number of aliphatic hydroxyl groups excluding tert-OH is 1. The zero-order valence-corrected chi connectivity index (χ0v) is 28.3. The summed E-state index contributed by atoms with van der Waals surface area (Å²) in [5.41, 5.74) is 9.80. The van der Waals surface area contributed by atoms with Crippen molar-refractivity contribution in [1.82, 2.24) is 19.8 Å². The van der Waals surface area contributed by atoms with E-state index in [1.54, 1.807) is 22.1 Å². The number of nitrogen functional groups attached to an aromatic ring is 1. The Hall–Kier alpha value is -3.23. The molecule has 3 N–H and O–H groups in total. The molecule has 1 aromatic carbocycles. The third kappa shape index (κ3) is 5.58. The fourth-order valence-electron chi connectivity index (χ4n) is 5.67. The molecule has 0 aliphatic carbocycles. The maximum absolute atomic E-state index is 12.3. The Kier molecular flexibility index (Phi) is 9.48. The van der Waals surface area contributed by atoms with Crippen molar-refractivity contribution in [2.24, 2.45) is 0 Å². The summed E-state index contributed by atoms with van der Waals surface area (Å²) < 4.78 is 0. The van der Waals surface area contributed by atoms with Gasteiger partial charge in [0, 0.05) is 43.5 Å². The van der Waals surface area contributed by atoms with Crippen molar-refractivity contribution < 1.29 is 9.90 Å². The van der Waals surface area contributed by atoms with Gasteiger partial charge in [0.1, 0.15) is 17.5 Å². The standard InChI is InChI=1S/C31H28Cl5N7O2/c1-5-19(44)41-8-10-42(11-9-41)29-16-12-18(32)27(20-21(33)22(34)23(35)24(36)25(20)38)40-30(16)43(31(45)17(29)13-37)28-15(4)6-7-39-26(28)14(2)3/h5-7,12,14,31,45H,1,8-11,38H2,2-4H3. The molecule has 45 heavy (non-hydrogen) atoms. The zero-order chi connectivity index (χ0) is 32.9. The number of pyridine rings is 2. The first kappa shape index (κ1) is 33.1. The lowest BCUT2D eigenvalue weighted by Gasteiger charge is -2.43. The van der Waals surface area contributed by atoms with Crippen molar-refractivity contribution >= 4 is 86.8 Å². The number of hydrogen-bond acceptors (Lipinski definition) is 8. The SMILES string of the molecule is C=CC(=O)N1CCN(C2=C(C#N)C(O)N(c3c(C)ccnc3C(C)C)c3nc(-c4c(N)c(Cl)c(Cl)c(Cl)c4Cl)c(Cl)cc32)CC1. The monoisotopic (exact) mass is 705 g/mol. The van der Waals surface area contributed by atoms with E-state index in [0.29, 0.717) is 48.8 Å². The molecule has 234 valence electrons. The van der Waals surface area contributed by atoms with Crippen LogP contribution in [-0.2, 0) is 4.79 Å². The number of piperazine rings is 1. The van der Waals surface area contributed by atoms with E-state index in [1.807, 2.05) is 31.7 Å². The Balaban J connectivity index is 1.82. The largest absolute Gasteiger partial charge is 0.397 e. The topological polar surface area (TPSA) is 123 Å². The Bertz CT molecular complexity index is 1780. The van der Waals surface area contributed by atoms with Crippen LogP contribution in [0.1, 0.15) is 36.6 Å².